The summed E-state index contributed by atoms with van der Waals surface area (Å²) in [5.74, 6) is -0.543. The van der Waals surface area contributed by atoms with Crippen molar-refractivity contribution in [2.24, 2.45) is 0 Å². The molecule has 1 atom stereocenters. The predicted molar refractivity (Wildman–Crippen MR) is 116 cm³/mol. The van der Waals surface area contributed by atoms with Crippen LogP contribution in [0.1, 0.15) is 74.2 Å². The number of amides is 1. The van der Waals surface area contributed by atoms with Gasteiger partial charge >= 0.3 is 5.97 Å². The number of aryl methyl sites for hydroxylation is 1. The average Bonchev–Trinajstić information content (AvgIpc) is 3.27. The molecule has 1 amide bonds. The van der Waals surface area contributed by atoms with Crippen molar-refractivity contribution in [2.45, 2.75) is 70.8 Å². The maximum Gasteiger partial charge on any atom is 0.326 e. The highest BCUT2D eigenvalue weighted by atomic mass is 16.4. The molecule has 1 aliphatic heterocycles. The van der Waals surface area contributed by atoms with Crippen LogP contribution in [-0.4, -0.2) is 44.4 Å². The Morgan fingerprint density at radius 1 is 1.03 bits per heavy atom. The average molecular weight is 410 g/mol. The highest BCUT2D eigenvalue weighted by Crippen LogP contribution is 2.22. The zero-order valence-corrected chi connectivity index (χ0v) is 17.7. The molecule has 160 valence electrons. The van der Waals surface area contributed by atoms with Crippen molar-refractivity contribution in [2.75, 3.05) is 6.54 Å². The first-order valence-electron chi connectivity index (χ1n) is 11.0. The number of nitrogens with zero attached hydrogens (tertiary/aromatic N) is 3. The number of aliphatic carboxylic acids is 1. The lowest BCUT2D eigenvalue weighted by atomic mass is 10.1. The number of hydrogen-bond acceptors (Lipinski definition) is 4. The molecule has 1 N–H and O–H groups in total. The third-order valence-electron chi connectivity index (χ3n) is 5.71. The van der Waals surface area contributed by atoms with Gasteiger partial charge in [-0.15, -0.1) is 0 Å². The Bertz CT molecular complexity index is 834. The van der Waals surface area contributed by atoms with Gasteiger partial charge in [-0.25, -0.2) is 14.8 Å². The van der Waals surface area contributed by atoms with Crippen LogP contribution in [0.15, 0.2) is 36.7 Å². The van der Waals surface area contributed by atoms with Crippen LogP contribution in [0.25, 0.3) is 11.4 Å². The van der Waals surface area contributed by atoms with E-state index < -0.39 is 12.0 Å². The van der Waals surface area contributed by atoms with Crippen LogP contribution in [0, 0.1) is 0 Å². The molecule has 0 saturated carbocycles. The molecule has 6 nitrogen and oxygen atoms in total. The van der Waals surface area contributed by atoms with Gasteiger partial charge in [0.15, 0.2) is 5.82 Å². The zero-order chi connectivity index (χ0) is 21.3. The van der Waals surface area contributed by atoms with Gasteiger partial charge in [0.05, 0.1) is 0 Å². The molecule has 6 heteroatoms. The number of carbonyl (C=O) groups is 2. The first kappa shape index (κ1) is 21.9. The molecule has 1 aliphatic rings. The van der Waals surface area contributed by atoms with Crippen molar-refractivity contribution in [1.82, 2.24) is 14.9 Å². The first-order valence-corrected chi connectivity index (χ1v) is 11.0. The molecule has 0 aliphatic carbocycles. The summed E-state index contributed by atoms with van der Waals surface area (Å²) < 4.78 is 0. The van der Waals surface area contributed by atoms with E-state index in [2.05, 4.69) is 16.9 Å². The summed E-state index contributed by atoms with van der Waals surface area (Å²) in [5.41, 5.74) is 2.48. The van der Waals surface area contributed by atoms with Crippen LogP contribution in [0.5, 0.6) is 0 Å². The van der Waals surface area contributed by atoms with Crippen LogP contribution in [-0.2, 0) is 11.2 Å². The minimum atomic E-state index is -0.938. The van der Waals surface area contributed by atoms with E-state index in [0.717, 1.165) is 30.4 Å². The van der Waals surface area contributed by atoms with E-state index in [9.17, 15) is 14.7 Å². The third-order valence-corrected chi connectivity index (χ3v) is 5.71. The summed E-state index contributed by atoms with van der Waals surface area (Å²) in [4.78, 5) is 34.4. The summed E-state index contributed by atoms with van der Waals surface area (Å²) in [7, 11) is 0. The summed E-state index contributed by atoms with van der Waals surface area (Å²) in [5, 5.41) is 9.29. The van der Waals surface area contributed by atoms with E-state index in [1.165, 1.54) is 37.0 Å². The Labute approximate surface area is 178 Å². The van der Waals surface area contributed by atoms with E-state index in [1.54, 1.807) is 12.1 Å². The summed E-state index contributed by atoms with van der Waals surface area (Å²) in [6.45, 7) is 2.72. The minimum Gasteiger partial charge on any atom is -0.480 e. The molecule has 2 aromatic rings. The Morgan fingerprint density at radius 3 is 2.37 bits per heavy atom. The van der Waals surface area contributed by atoms with E-state index >= 15 is 0 Å². The third kappa shape index (κ3) is 5.65. The Hall–Kier alpha value is -2.76. The number of benzene rings is 1. The highest BCUT2D eigenvalue weighted by Gasteiger charge is 2.34. The van der Waals surface area contributed by atoms with Crippen molar-refractivity contribution in [1.29, 1.82) is 0 Å². The second-order valence-electron chi connectivity index (χ2n) is 8.00. The van der Waals surface area contributed by atoms with Crippen molar-refractivity contribution in [3.05, 3.63) is 47.8 Å². The number of hydrogen-bond donors (Lipinski definition) is 1. The largest absolute Gasteiger partial charge is 0.480 e. The minimum absolute atomic E-state index is 0.235. The highest BCUT2D eigenvalue weighted by molar-refractivity contribution is 5.97. The fourth-order valence-corrected chi connectivity index (χ4v) is 3.94. The molecule has 1 saturated heterocycles. The van der Waals surface area contributed by atoms with Gasteiger partial charge in [-0.1, -0.05) is 51.2 Å². The maximum atomic E-state index is 12.7. The quantitative estimate of drug-likeness (QED) is 0.573. The smallest absolute Gasteiger partial charge is 0.326 e. The fraction of sp³-hybridized carbons (Fsp3) is 0.500. The molecule has 1 aromatic heterocycles. The van der Waals surface area contributed by atoms with Crippen molar-refractivity contribution in [3.63, 3.8) is 0 Å². The van der Waals surface area contributed by atoms with Crippen LogP contribution < -0.4 is 0 Å². The molecule has 1 fully saturated rings. The summed E-state index contributed by atoms with van der Waals surface area (Å²) in [6, 6.07) is 6.37. The number of unbranched alkanes of at least 4 members (excludes halogenated alkanes) is 5. The second kappa shape index (κ2) is 10.9. The molecular formula is C24H31N3O3. The summed E-state index contributed by atoms with van der Waals surface area (Å²) >= 11 is 0. The number of carboxylic acids is 1. The SMILES string of the molecule is CCCCCCCCc1cnc(-c2ccc(C(=O)N3CCCC3C(=O)O)cc2)nc1. The van der Waals surface area contributed by atoms with Crippen molar-refractivity contribution < 1.29 is 14.7 Å². The molecular weight excluding hydrogens is 378 g/mol. The van der Waals surface area contributed by atoms with Crippen LogP contribution in [0.3, 0.4) is 0 Å². The molecule has 30 heavy (non-hydrogen) atoms. The standard InChI is InChI=1S/C24H31N3O3/c1-2-3-4-5-6-7-9-18-16-25-22(26-17-18)19-11-13-20(14-12-19)23(28)27-15-8-10-21(27)24(29)30/h11-14,16-17,21H,2-10,15H2,1H3,(H,29,30). The van der Waals surface area contributed by atoms with E-state index in [0.29, 0.717) is 24.4 Å². The van der Waals surface area contributed by atoms with E-state index in [4.69, 9.17) is 0 Å². The number of aromatic nitrogens is 2. The second-order valence-corrected chi connectivity index (χ2v) is 8.00. The van der Waals surface area contributed by atoms with Gasteiger partial charge in [0.25, 0.3) is 5.91 Å². The number of rotatable bonds is 10. The van der Waals surface area contributed by atoms with Crippen LogP contribution in [0.2, 0.25) is 0 Å². The Kier molecular flexibility index (Phi) is 7.94. The van der Waals surface area contributed by atoms with Gasteiger partial charge in [0, 0.05) is 30.1 Å². The normalized spacial score (nSPS) is 16.0. The lowest BCUT2D eigenvalue weighted by molar-refractivity contribution is -0.141. The zero-order valence-electron chi connectivity index (χ0n) is 17.7. The Balaban J connectivity index is 1.55. The van der Waals surface area contributed by atoms with Crippen molar-refractivity contribution >= 4 is 11.9 Å². The van der Waals surface area contributed by atoms with Gasteiger partial charge in [-0.05, 0) is 43.4 Å². The molecule has 1 aromatic carbocycles. The summed E-state index contributed by atoms with van der Waals surface area (Å²) in [6.07, 6.45) is 13.6. The molecule has 0 bridgehead atoms. The van der Waals surface area contributed by atoms with Gasteiger partial charge in [-0.3, -0.25) is 4.79 Å². The topological polar surface area (TPSA) is 83.4 Å². The van der Waals surface area contributed by atoms with Gasteiger partial charge in [-0.2, -0.15) is 0 Å². The monoisotopic (exact) mass is 409 g/mol. The molecule has 3 rings (SSSR count). The molecule has 0 spiro atoms. The van der Waals surface area contributed by atoms with Gasteiger partial charge < -0.3 is 10.0 Å². The van der Waals surface area contributed by atoms with Gasteiger partial charge in [0.2, 0.25) is 0 Å². The lowest BCUT2D eigenvalue weighted by Crippen LogP contribution is -2.40. The Morgan fingerprint density at radius 2 is 1.70 bits per heavy atom. The maximum absolute atomic E-state index is 12.7. The first-order chi connectivity index (χ1) is 14.6. The molecule has 1 unspecified atom stereocenters. The molecule has 2 heterocycles. The van der Waals surface area contributed by atoms with Gasteiger partial charge in [0.1, 0.15) is 6.04 Å². The molecule has 0 radical (unpaired) electrons. The van der Waals surface area contributed by atoms with Crippen LogP contribution >= 0.6 is 0 Å². The van der Waals surface area contributed by atoms with Crippen molar-refractivity contribution in [3.8, 4) is 11.4 Å². The fourth-order valence-electron chi connectivity index (χ4n) is 3.94. The number of likely N-dealkylation sites (tertiary alicyclic amines) is 1. The van der Waals surface area contributed by atoms with E-state index in [1.807, 2.05) is 24.5 Å². The number of carboxylic acid groups (broad SMARTS) is 1. The van der Waals surface area contributed by atoms with Crippen LogP contribution in [0.4, 0.5) is 0 Å². The predicted octanol–water partition coefficient (Wildman–Crippen LogP) is 4.74. The van der Waals surface area contributed by atoms with E-state index in [-0.39, 0.29) is 5.91 Å². The number of carbonyl (C=O) groups excluding carboxylic acids is 1. The lowest BCUT2D eigenvalue weighted by Gasteiger charge is -2.21.